The number of hydrogen-bond donors (Lipinski definition) is 3. The van der Waals surface area contributed by atoms with Crippen molar-refractivity contribution in [2.75, 3.05) is 11.9 Å². The van der Waals surface area contributed by atoms with Crippen LogP contribution in [-0.2, 0) is 20.9 Å². The number of carbonyl (C=O) groups is 3. The number of halogens is 1. The van der Waals surface area contributed by atoms with Crippen molar-refractivity contribution in [2.45, 2.75) is 31.6 Å². The third kappa shape index (κ3) is 6.47. The van der Waals surface area contributed by atoms with E-state index in [9.17, 15) is 23.9 Å². The second-order valence-electron chi connectivity index (χ2n) is 9.97. The van der Waals surface area contributed by atoms with Crippen LogP contribution in [0.4, 0.5) is 14.9 Å². The summed E-state index contributed by atoms with van der Waals surface area (Å²) in [5.41, 5.74) is 4.92. The molecule has 0 bridgehead atoms. The summed E-state index contributed by atoms with van der Waals surface area (Å²) in [5.74, 6) is -3.10. The van der Waals surface area contributed by atoms with Crippen molar-refractivity contribution in [2.24, 2.45) is 0 Å². The molecule has 0 unspecified atom stereocenters. The van der Waals surface area contributed by atoms with Crippen molar-refractivity contribution in [1.29, 1.82) is 0 Å². The van der Waals surface area contributed by atoms with Crippen molar-refractivity contribution < 1.29 is 33.4 Å². The summed E-state index contributed by atoms with van der Waals surface area (Å²) in [6.45, 7) is 1.73. The Morgan fingerprint density at radius 2 is 1.50 bits per heavy atom. The van der Waals surface area contributed by atoms with Gasteiger partial charge in [0.2, 0.25) is 0 Å². The summed E-state index contributed by atoms with van der Waals surface area (Å²) < 4.78 is 25.6. The summed E-state index contributed by atoms with van der Waals surface area (Å²) in [7, 11) is 0. The van der Waals surface area contributed by atoms with Crippen LogP contribution in [0, 0.1) is 5.82 Å². The number of aliphatic carboxylic acids is 1. The molecule has 2 atom stereocenters. The van der Waals surface area contributed by atoms with E-state index in [1.807, 2.05) is 78.9 Å². The van der Waals surface area contributed by atoms with Crippen LogP contribution in [0.1, 0.15) is 39.9 Å². The molecular weight excluding hydrogens is 539 g/mol. The maximum absolute atomic E-state index is 14.5. The van der Waals surface area contributed by atoms with Crippen molar-refractivity contribution in [1.82, 2.24) is 5.32 Å². The molecule has 9 heteroatoms. The molecular formula is C33H29FN2O6. The zero-order valence-corrected chi connectivity index (χ0v) is 22.8. The molecule has 42 heavy (non-hydrogen) atoms. The van der Waals surface area contributed by atoms with Gasteiger partial charge in [0.25, 0.3) is 5.91 Å². The van der Waals surface area contributed by atoms with Crippen LogP contribution in [0.25, 0.3) is 11.1 Å². The predicted octanol–water partition coefficient (Wildman–Crippen LogP) is 5.98. The van der Waals surface area contributed by atoms with Gasteiger partial charge >= 0.3 is 12.1 Å². The normalized spacial score (nSPS) is 13.4. The lowest BCUT2D eigenvalue weighted by Crippen LogP contribution is -2.48. The standard InChI is InChI=1S/C33H29FN2O6/c1-20(41-18-21-9-3-2-4-10-21)30(32(38)39)36-31(37)22-15-23(34)17-24(16-22)35-33(40)42-19-29-27-13-7-5-11-25(27)26-12-6-8-14-28(26)29/h2-17,20,29-30H,18-19H2,1H3,(H,35,40)(H,36,37)(H,38,39)/t20-,30+/m0/s1. The molecule has 4 aromatic carbocycles. The van der Waals surface area contributed by atoms with E-state index in [-0.39, 0.29) is 30.4 Å². The molecule has 8 nitrogen and oxygen atoms in total. The van der Waals surface area contributed by atoms with Crippen LogP contribution in [0.5, 0.6) is 0 Å². The smallest absolute Gasteiger partial charge is 0.411 e. The first-order chi connectivity index (χ1) is 20.3. The number of rotatable bonds is 10. The predicted molar refractivity (Wildman–Crippen MR) is 155 cm³/mol. The van der Waals surface area contributed by atoms with E-state index in [1.54, 1.807) is 0 Å². The molecule has 214 valence electrons. The number of benzene rings is 4. The Balaban J connectivity index is 1.21. The van der Waals surface area contributed by atoms with E-state index in [2.05, 4.69) is 10.6 Å². The summed E-state index contributed by atoms with van der Waals surface area (Å²) in [5, 5.41) is 14.5. The Hall–Kier alpha value is -5.02. The first-order valence-corrected chi connectivity index (χ1v) is 13.4. The Bertz CT molecular complexity index is 1560. The van der Waals surface area contributed by atoms with Crippen LogP contribution in [0.2, 0.25) is 0 Å². The van der Waals surface area contributed by atoms with Gasteiger partial charge in [0.15, 0.2) is 6.04 Å². The molecule has 2 amide bonds. The average Bonchev–Trinajstić information content (AvgIpc) is 3.31. The molecule has 0 aromatic heterocycles. The van der Waals surface area contributed by atoms with Crippen LogP contribution in [0.3, 0.4) is 0 Å². The van der Waals surface area contributed by atoms with Gasteiger partial charge in [-0.2, -0.15) is 0 Å². The average molecular weight is 569 g/mol. The van der Waals surface area contributed by atoms with Gasteiger partial charge in [0.1, 0.15) is 12.4 Å². The molecule has 1 aliphatic rings. The van der Waals surface area contributed by atoms with E-state index >= 15 is 0 Å². The number of amides is 2. The highest BCUT2D eigenvalue weighted by Crippen LogP contribution is 2.44. The van der Waals surface area contributed by atoms with Crippen LogP contribution < -0.4 is 10.6 Å². The number of ether oxygens (including phenoxy) is 2. The minimum absolute atomic E-state index is 0.0161. The number of fused-ring (bicyclic) bond motifs is 3. The van der Waals surface area contributed by atoms with Gasteiger partial charge < -0.3 is 19.9 Å². The fourth-order valence-corrected chi connectivity index (χ4v) is 5.05. The fourth-order valence-electron chi connectivity index (χ4n) is 5.05. The number of carbonyl (C=O) groups excluding carboxylic acids is 2. The molecule has 0 radical (unpaired) electrons. The Morgan fingerprint density at radius 3 is 2.14 bits per heavy atom. The largest absolute Gasteiger partial charge is 0.480 e. The zero-order valence-electron chi connectivity index (χ0n) is 22.8. The lowest BCUT2D eigenvalue weighted by atomic mass is 9.98. The number of hydrogen-bond acceptors (Lipinski definition) is 5. The first-order valence-electron chi connectivity index (χ1n) is 13.4. The number of anilines is 1. The summed E-state index contributed by atoms with van der Waals surface area (Å²) >= 11 is 0. The first kappa shape index (κ1) is 28.5. The van der Waals surface area contributed by atoms with Crippen LogP contribution in [0.15, 0.2) is 97.1 Å². The van der Waals surface area contributed by atoms with Gasteiger partial charge in [-0.25, -0.2) is 14.0 Å². The van der Waals surface area contributed by atoms with Gasteiger partial charge in [0.05, 0.1) is 12.7 Å². The fraction of sp³-hybridized carbons (Fsp3) is 0.182. The Labute approximate surface area is 242 Å². The number of nitrogens with one attached hydrogen (secondary N) is 2. The third-order valence-corrected chi connectivity index (χ3v) is 7.13. The van der Waals surface area contributed by atoms with Crippen LogP contribution >= 0.6 is 0 Å². The van der Waals surface area contributed by atoms with E-state index in [1.165, 1.54) is 13.0 Å². The Kier molecular flexibility index (Phi) is 8.59. The number of carboxylic acids is 1. The van der Waals surface area contributed by atoms with Crippen molar-refractivity contribution in [3.8, 4) is 11.1 Å². The molecule has 0 saturated carbocycles. The number of carboxylic acid groups (broad SMARTS) is 1. The van der Waals surface area contributed by atoms with E-state index < -0.39 is 35.9 Å². The highest BCUT2D eigenvalue weighted by Gasteiger charge is 2.30. The van der Waals surface area contributed by atoms with E-state index in [0.717, 1.165) is 39.9 Å². The molecule has 0 fully saturated rings. The second kappa shape index (κ2) is 12.7. The van der Waals surface area contributed by atoms with Crippen molar-refractivity contribution in [3.05, 3.63) is 125 Å². The maximum Gasteiger partial charge on any atom is 0.411 e. The minimum atomic E-state index is -1.40. The van der Waals surface area contributed by atoms with Crippen molar-refractivity contribution in [3.63, 3.8) is 0 Å². The lowest BCUT2D eigenvalue weighted by molar-refractivity contribution is -0.143. The Morgan fingerprint density at radius 1 is 0.881 bits per heavy atom. The maximum atomic E-state index is 14.5. The van der Waals surface area contributed by atoms with E-state index in [0.29, 0.717) is 0 Å². The van der Waals surface area contributed by atoms with Gasteiger partial charge in [-0.15, -0.1) is 0 Å². The lowest BCUT2D eigenvalue weighted by Gasteiger charge is -2.22. The van der Waals surface area contributed by atoms with Crippen LogP contribution in [-0.4, -0.2) is 41.8 Å². The molecule has 0 heterocycles. The second-order valence-corrected chi connectivity index (χ2v) is 9.97. The van der Waals surface area contributed by atoms with Crippen molar-refractivity contribution >= 4 is 23.7 Å². The molecule has 1 aliphatic carbocycles. The van der Waals surface area contributed by atoms with Gasteiger partial charge in [0, 0.05) is 17.2 Å². The molecule has 5 rings (SSSR count). The monoisotopic (exact) mass is 568 g/mol. The molecule has 0 aliphatic heterocycles. The molecule has 0 spiro atoms. The summed E-state index contributed by atoms with van der Waals surface area (Å²) in [6, 6.07) is 26.8. The van der Waals surface area contributed by atoms with Gasteiger partial charge in [-0.3, -0.25) is 10.1 Å². The van der Waals surface area contributed by atoms with Gasteiger partial charge in [-0.1, -0.05) is 78.9 Å². The highest BCUT2D eigenvalue weighted by atomic mass is 19.1. The SMILES string of the molecule is C[C@H](OCc1ccccc1)[C@@H](NC(=O)c1cc(F)cc(NC(=O)OCC2c3ccccc3-c3ccccc32)c1)C(=O)O. The van der Waals surface area contributed by atoms with Gasteiger partial charge in [-0.05, 0) is 52.9 Å². The summed E-state index contributed by atoms with van der Waals surface area (Å²) in [4.78, 5) is 37.5. The quantitative estimate of drug-likeness (QED) is 0.217. The molecule has 0 saturated heterocycles. The third-order valence-electron chi connectivity index (χ3n) is 7.13. The highest BCUT2D eigenvalue weighted by molar-refractivity contribution is 5.98. The minimum Gasteiger partial charge on any atom is -0.480 e. The van der Waals surface area contributed by atoms with E-state index in [4.69, 9.17) is 9.47 Å². The zero-order chi connectivity index (χ0) is 29.6. The molecule has 3 N–H and O–H groups in total. The summed E-state index contributed by atoms with van der Waals surface area (Å²) in [6.07, 6.45) is -1.71. The molecule has 4 aromatic rings. The topological polar surface area (TPSA) is 114 Å².